The number of aryl methyl sites for hydroxylation is 4. The van der Waals surface area contributed by atoms with Gasteiger partial charge in [-0.3, -0.25) is 4.90 Å². The summed E-state index contributed by atoms with van der Waals surface area (Å²) >= 11 is 0. The Labute approximate surface area is 148 Å². The van der Waals surface area contributed by atoms with Crippen LogP contribution in [0.4, 0.5) is 17.3 Å². The molecule has 3 heteroatoms. The van der Waals surface area contributed by atoms with Gasteiger partial charge >= 0.3 is 0 Å². The van der Waals surface area contributed by atoms with Crippen LogP contribution >= 0.6 is 0 Å². The highest BCUT2D eigenvalue weighted by molar-refractivity contribution is 5.81. The monoisotopic (exact) mass is 333 g/mol. The molecule has 0 aliphatic carbocycles. The second-order valence-corrected chi connectivity index (χ2v) is 6.68. The number of furan rings is 1. The van der Waals surface area contributed by atoms with Gasteiger partial charge in [-0.1, -0.05) is 29.8 Å². The molecule has 0 unspecified atom stereocenters. The summed E-state index contributed by atoms with van der Waals surface area (Å²) in [6.07, 6.45) is 3.21. The molecular formula is C22H23NO2. The first-order valence-corrected chi connectivity index (χ1v) is 8.79. The molecule has 0 saturated heterocycles. The third-order valence-electron chi connectivity index (χ3n) is 4.81. The number of rotatable bonds is 2. The van der Waals surface area contributed by atoms with E-state index in [4.69, 9.17) is 9.15 Å². The molecule has 0 N–H and O–H groups in total. The van der Waals surface area contributed by atoms with E-state index >= 15 is 0 Å². The molecule has 1 aromatic heterocycles. The Morgan fingerprint density at radius 2 is 1.72 bits per heavy atom. The molecule has 25 heavy (non-hydrogen) atoms. The molecule has 0 bridgehead atoms. The Kier molecular flexibility index (Phi) is 4.00. The van der Waals surface area contributed by atoms with E-state index in [1.807, 2.05) is 25.1 Å². The molecule has 0 saturated carbocycles. The van der Waals surface area contributed by atoms with Gasteiger partial charge in [0.05, 0.1) is 18.5 Å². The lowest BCUT2D eigenvalue weighted by molar-refractivity contribution is 0.415. The smallest absolute Gasteiger partial charge is 0.207 e. The van der Waals surface area contributed by atoms with Crippen LogP contribution in [0.5, 0.6) is 5.75 Å². The number of nitrogens with zero attached hydrogens (tertiary/aromatic N) is 1. The summed E-state index contributed by atoms with van der Waals surface area (Å²) < 4.78 is 11.8. The fraction of sp³-hybridized carbons (Fsp3) is 0.273. The van der Waals surface area contributed by atoms with Crippen LogP contribution in [0.2, 0.25) is 0 Å². The van der Waals surface area contributed by atoms with E-state index in [9.17, 15) is 0 Å². The van der Waals surface area contributed by atoms with Crippen LogP contribution in [0, 0.1) is 13.8 Å². The molecule has 4 rings (SSSR count). The van der Waals surface area contributed by atoms with Gasteiger partial charge in [0.1, 0.15) is 11.5 Å². The maximum Gasteiger partial charge on any atom is 0.207 e. The predicted molar refractivity (Wildman–Crippen MR) is 101 cm³/mol. The highest BCUT2D eigenvalue weighted by Gasteiger charge is 2.26. The minimum Gasteiger partial charge on any atom is -0.495 e. The van der Waals surface area contributed by atoms with Gasteiger partial charge in [-0.15, -0.1) is 0 Å². The normalized spacial score (nSPS) is 13.6. The predicted octanol–water partition coefficient (Wildman–Crippen LogP) is 5.86. The quantitative estimate of drug-likeness (QED) is 0.587. The molecule has 0 spiro atoms. The van der Waals surface area contributed by atoms with Crippen LogP contribution in [0.25, 0.3) is 0 Å². The second-order valence-electron chi connectivity index (χ2n) is 6.68. The summed E-state index contributed by atoms with van der Waals surface area (Å²) in [7, 11) is 1.72. The van der Waals surface area contributed by atoms with E-state index in [0.717, 1.165) is 42.3 Å². The Bertz CT molecular complexity index is 910. The minimum absolute atomic E-state index is 0.842. The standard InChI is InChI=1S/C22H23NO2/c1-15-11-12-19-17(13-15)7-6-8-18-14-16(2)25-22(18)23(19)20-9-4-5-10-21(20)24-3/h4-5,9-14H,6-8H2,1-3H3. The number of methoxy groups -OCH3 is 1. The zero-order valence-electron chi connectivity index (χ0n) is 15.0. The number of anilines is 3. The van der Waals surface area contributed by atoms with Gasteiger partial charge in [0.2, 0.25) is 5.88 Å². The lowest BCUT2D eigenvalue weighted by atomic mass is 9.98. The van der Waals surface area contributed by atoms with Gasteiger partial charge in [0, 0.05) is 5.56 Å². The van der Waals surface area contributed by atoms with Crippen LogP contribution in [0.15, 0.2) is 52.9 Å². The van der Waals surface area contributed by atoms with Gasteiger partial charge in [0.15, 0.2) is 0 Å². The SMILES string of the molecule is COc1ccccc1N1c2ccc(C)cc2CCCc2cc(C)oc21. The van der Waals surface area contributed by atoms with Crippen molar-refractivity contribution in [3.05, 3.63) is 71.0 Å². The van der Waals surface area contributed by atoms with E-state index in [2.05, 4.69) is 42.2 Å². The summed E-state index contributed by atoms with van der Waals surface area (Å²) in [4.78, 5) is 2.22. The molecular weight excluding hydrogens is 310 g/mol. The number of fused-ring (bicyclic) bond motifs is 2. The molecule has 128 valence electrons. The van der Waals surface area contributed by atoms with Crippen molar-refractivity contribution in [2.24, 2.45) is 0 Å². The lowest BCUT2D eigenvalue weighted by Crippen LogP contribution is -2.16. The Balaban J connectivity index is 2.00. The van der Waals surface area contributed by atoms with E-state index in [1.54, 1.807) is 7.11 Å². The third-order valence-corrected chi connectivity index (χ3v) is 4.81. The largest absolute Gasteiger partial charge is 0.495 e. The van der Waals surface area contributed by atoms with Gasteiger partial charge in [-0.2, -0.15) is 0 Å². The maximum atomic E-state index is 6.17. The summed E-state index contributed by atoms with van der Waals surface area (Å²) in [5, 5.41) is 0. The van der Waals surface area contributed by atoms with Crippen molar-refractivity contribution in [3.63, 3.8) is 0 Å². The topological polar surface area (TPSA) is 25.6 Å². The molecule has 1 aliphatic heterocycles. The Hall–Kier alpha value is -2.68. The fourth-order valence-corrected chi connectivity index (χ4v) is 3.69. The van der Waals surface area contributed by atoms with E-state index in [-0.39, 0.29) is 0 Å². The summed E-state index contributed by atoms with van der Waals surface area (Å²) in [6, 6.07) is 16.9. The van der Waals surface area contributed by atoms with Crippen molar-refractivity contribution >= 4 is 17.3 Å². The average Bonchev–Trinajstić information content (AvgIpc) is 2.96. The lowest BCUT2D eigenvalue weighted by Gasteiger charge is -2.29. The van der Waals surface area contributed by atoms with Crippen LogP contribution in [0.3, 0.4) is 0 Å². The maximum absolute atomic E-state index is 6.17. The summed E-state index contributed by atoms with van der Waals surface area (Å²) in [5.74, 6) is 2.70. The third kappa shape index (κ3) is 2.80. The Morgan fingerprint density at radius 1 is 0.920 bits per heavy atom. The van der Waals surface area contributed by atoms with Crippen molar-refractivity contribution < 1.29 is 9.15 Å². The number of para-hydroxylation sites is 2. The van der Waals surface area contributed by atoms with E-state index < -0.39 is 0 Å². The van der Waals surface area contributed by atoms with Gasteiger partial charge in [-0.25, -0.2) is 0 Å². The van der Waals surface area contributed by atoms with Gasteiger partial charge in [0.25, 0.3) is 0 Å². The first-order valence-electron chi connectivity index (χ1n) is 8.79. The van der Waals surface area contributed by atoms with Gasteiger partial charge < -0.3 is 9.15 Å². The number of hydrogen-bond acceptors (Lipinski definition) is 3. The minimum atomic E-state index is 0.842. The second kappa shape index (κ2) is 6.32. The van der Waals surface area contributed by atoms with Crippen LogP contribution < -0.4 is 9.64 Å². The summed E-state index contributed by atoms with van der Waals surface area (Å²) in [6.45, 7) is 4.16. The van der Waals surface area contributed by atoms with Crippen molar-refractivity contribution in [2.75, 3.05) is 12.0 Å². The first kappa shape index (κ1) is 15.8. The summed E-state index contributed by atoms with van der Waals surface area (Å²) in [5.41, 5.74) is 6.08. The molecule has 0 amide bonds. The highest BCUT2D eigenvalue weighted by Crippen LogP contribution is 2.45. The molecule has 3 nitrogen and oxygen atoms in total. The molecule has 1 aliphatic rings. The van der Waals surface area contributed by atoms with Crippen molar-refractivity contribution in [3.8, 4) is 5.75 Å². The molecule has 3 aromatic rings. The zero-order chi connectivity index (χ0) is 17.4. The van der Waals surface area contributed by atoms with Crippen molar-refractivity contribution in [1.82, 2.24) is 0 Å². The Morgan fingerprint density at radius 3 is 2.56 bits per heavy atom. The number of benzene rings is 2. The number of ether oxygens (including phenoxy) is 1. The van der Waals surface area contributed by atoms with Gasteiger partial charge in [-0.05, 0) is 62.9 Å². The zero-order valence-corrected chi connectivity index (χ0v) is 15.0. The number of hydrogen-bond donors (Lipinski definition) is 0. The van der Waals surface area contributed by atoms with Crippen molar-refractivity contribution in [1.29, 1.82) is 0 Å². The van der Waals surface area contributed by atoms with E-state index in [1.165, 1.54) is 22.4 Å². The van der Waals surface area contributed by atoms with Crippen LogP contribution in [0.1, 0.15) is 28.9 Å². The molecule has 0 atom stereocenters. The molecule has 0 fully saturated rings. The van der Waals surface area contributed by atoms with Crippen molar-refractivity contribution in [2.45, 2.75) is 33.1 Å². The molecule has 2 heterocycles. The van der Waals surface area contributed by atoms with Crippen LogP contribution in [-0.2, 0) is 12.8 Å². The fourth-order valence-electron chi connectivity index (χ4n) is 3.69. The first-order chi connectivity index (χ1) is 12.2. The average molecular weight is 333 g/mol. The van der Waals surface area contributed by atoms with Crippen LogP contribution in [-0.4, -0.2) is 7.11 Å². The molecule has 2 aromatic carbocycles. The van der Waals surface area contributed by atoms with E-state index in [0.29, 0.717) is 0 Å². The highest BCUT2D eigenvalue weighted by atomic mass is 16.5. The molecule has 0 radical (unpaired) electrons.